The molecule has 0 atom stereocenters. The zero-order chi connectivity index (χ0) is 21.1. The van der Waals surface area contributed by atoms with Crippen molar-refractivity contribution in [2.45, 2.75) is 13.5 Å². The van der Waals surface area contributed by atoms with Crippen molar-refractivity contribution < 1.29 is 19.2 Å². The summed E-state index contributed by atoms with van der Waals surface area (Å²) in [6.45, 7) is 3.53. The summed E-state index contributed by atoms with van der Waals surface area (Å²) in [4.78, 5) is 29.8. The number of imidazole rings is 1. The highest BCUT2D eigenvalue weighted by atomic mass is 16.6. The fourth-order valence-electron chi connectivity index (χ4n) is 3.40. The molecule has 1 aliphatic heterocycles. The molecule has 3 aromatic rings. The molecular formula is C21H20N4O5. The monoisotopic (exact) mass is 408 g/mol. The summed E-state index contributed by atoms with van der Waals surface area (Å²) < 4.78 is 12.9. The van der Waals surface area contributed by atoms with Gasteiger partial charge in [0.15, 0.2) is 11.5 Å². The highest BCUT2D eigenvalue weighted by molar-refractivity contribution is 5.95. The number of ether oxygens (including phenoxy) is 2. The lowest BCUT2D eigenvalue weighted by Gasteiger charge is -2.25. The standard InChI is InChI=1S/C21H20N4O5/c1-2-23(13-16-4-3-5-19-20(16)30-11-10-29-19)21(26)15-6-7-17(18(12-15)25(27)28)24-9-8-22-14-24/h3-9,12,14H,2,10-11,13H2,1H3. The quantitative estimate of drug-likeness (QED) is 0.459. The van der Waals surface area contributed by atoms with Gasteiger partial charge in [-0.15, -0.1) is 0 Å². The van der Waals surface area contributed by atoms with E-state index in [9.17, 15) is 14.9 Å². The molecule has 0 saturated heterocycles. The van der Waals surface area contributed by atoms with Gasteiger partial charge in [0.05, 0.1) is 11.3 Å². The van der Waals surface area contributed by atoms with E-state index in [1.807, 2.05) is 25.1 Å². The summed E-state index contributed by atoms with van der Waals surface area (Å²) in [5.74, 6) is 0.992. The molecular weight excluding hydrogens is 388 g/mol. The molecule has 2 aromatic carbocycles. The first-order chi connectivity index (χ1) is 14.6. The van der Waals surface area contributed by atoms with E-state index in [1.54, 1.807) is 23.2 Å². The molecule has 0 radical (unpaired) electrons. The topological polar surface area (TPSA) is 99.7 Å². The number of para-hydroxylation sites is 1. The molecule has 30 heavy (non-hydrogen) atoms. The molecule has 0 saturated carbocycles. The van der Waals surface area contributed by atoms with Crippen molar-refractivity contribution >= 4 is 11.6 Å². The van der Waals surface area contributed by atoms with Gasteiger partial charge in [0.25, 0.3) is 11.6 Å². The van der Waals surface area contributed by atoms with Crippen LogP contribution in [0.3, 0.4) is 0 Å². The first-order valence-corrected chi connectivity index (χ1v) is 9.52. The number of nitro groups is 1. The second kappa shape index (κ2) is 8.24. The van der Waals surface area contributed by atoms with Crippen LogP contribution in [0.1, 0.15) is 22.8 Å². The van der Waals surface area contributed by atoms with Crippen molar-refractivity contribution in [3.63, 3.8) is 0 Å². The third-order valence-electron chi connectivity index (χ3n) is 4.88. The lowest BCUT2D eigenvalue weighted by molar-refractivity contribution is -0.384. The number of carbonyl (C=O) groups excluding carboxylic acids is 1. The number of benzene rings is 2. The summed E-state index contributed by atoms with van der Waals surface area (Å²) in [7, 11) is 0. The number of aromatic nitrogens is 2. The van der Waals surface area contributed by atoms with Gasteiger partial charge >= 0.3 is 0 Å². The number of nitro benzene ring substituents is 1. The molecule has 1 amide bonds. The van der Waals surface area contributed by atoms with Crippen molar-refractivity contribution in [2.24, 2.45) is 0 Å². The van der Waals surface area contributed by atoms with Crippen molar-refractivity contribution in [1.82, 2.24) is 14.5 Å². The number of hydrogen-bond donors (Lipinski definition) is 0. The van der Waals surface area contributed by atoms with E-state index in [4.69, 9.17) is 9.47 Å². The number of amides is 1. The zero-order valence-electron chi connectivity index (χ0n) is 16.4. The normalized spacial score (nSPS) is 12.4. The van der Waals surface area contributed by atoms with Crippen molar-refractivity contribution in [3.05, 3.63) is 76.4 Å². The van der Waals surface area contributed by atoms with Crippen LogP contribution in [0.4, 0.5) is 5.69 Å². The van der Waals surface area contributed by atoms with Crippen LogP contribution in [0.25, 0.3) is 5.69 Å². The molecule has 0 bridgehead atoms. The third kappa shape index (κ3) is 3.69. The van der Waals surface area contributed by atoms with E-state index < -0.39 is 4.92 Å². The highest BCUT2D eigenvalue weighted by Crippen LogP contribution is 2.34. The molecule has 0 unspecified atom stereocenters. The van der Waals surface area contributed by atoms with E-state index >= 15 is 0 Å². The Kier molecular flexibility index (Phi) is 5.34. The lowest BCUT2D eigenvalue weighted by atomic mass is 10.1. The number of fused-ring (bicyclic) bond motifs is 1. The van der Waals surface area contributed by atoms with Crippen molar-refractivity contribution in [3.8, 4) is 17.2 Å². The third-order valence-corrected chi connectivity index (χ3v) is 4.88. The van der Waals surface area contributed by atoms with Gasteiger partial charge in [-0.05, 0) is 25.1 Å². The van der Waals surface area contributed by atoms with Gasteiger partial charge in [-0.3, -0.25) is 14.9 Å². The molecule has 2 heterocycles. The Bertz CT molecular complexity index is 1080. The smallest absolute Gasteiger partial charge is 0.294 e. The van der Waals surface area contributed by atoms with Crippen molar-refractivity contribution in [1.29, 1.82) is 0 Å². The van der Waals surface area contributed by atoms with Crippen LogP contribution < -0.4 is 9.47 Å². The largest absolute Gasteiger partial charge is 0.486 e. The van der Waals surface area contributed by atoms with Crippen LogP contribution >= 0.6 is 0 Å². The number of rotatable bonds is 6. The Morgan fingerprint density at radius 3 is 2.83 bits per heavy atom. The maximum Gasteiger partial charge on any atom is 0.294 e. The van der Waals surface area contributed by atoms with E-state index in [-0.39, 0.29) is 17.2 Å². The molecule has 4 rings (SSSR count). The van der Waals surface area contributed by atoms with E-state index in [2.05, 4.69) is 4.98 Å². The maximum absolute atomic E-state index is 13.1. The highest BCUT2D eigenvalue weighted by Gasteiger charge is 2.23. The molecule has 1 aromatic heterocycles. The predicted octanol–water partition coefficient (Wildman–Crippen LogP) is 3.21. The summed E-state index contributed by atoms with van der Waals surface area (Å²) in [5.41, 5.74) is 1.25. The van der Waals surface area contributed by atoms with E-state index in [0.717, 1.165) is 5.56 Å². The molecule has 154 valence electrons. The molecule has 0 fully saturated rings. The molecule has 0 aliphatic carbocycles. The van der Waals surface area contributed by atoms with Crippen LogP contribution in [0.5, 0.6) is 11.5 Å². The van der Waals surface area contributed by atoms with Gasteiger partial charge in [0, 0.05) is 42.7 Å². The predicted molar refractivity (Wildman–Crippen MR) is 108 cm³/mol. The Morgan fingerprint density at radius 2 is 2.10 bits per heavy atom. The lowest BCUT2D eigenvalue weighted by Crippen LogP contribution is -2.31. The second-order valence-corrected chi connectivity index (χ2v) is 6.69. The van der Waals surface area contributed by atoms with Crippen LogP contribution in [0, 0.1) is 10.1 Å². The minimum Gasteiger partial charge on any atom is -0.486 e. The Balaban J connectivity index is 1.63. The second-order valence-electron chi connectivity index (χ2n) is 6.69. The minimum absolute atomic E-state index is 0.163. The molecule has 9 nitrogen and oxygen atoms in total. The molecule has 9 heteroatoms. The molecule has 0 N–H and O–H groups in total. The van der Waals surface area contributed by atoms with Gasteiger partial charge in [-0.2, -0.15) is 0 Å². The van der Waals surface area contributed by atoms with Crippen LogP contribution in [0.2, 0.25) is 0 Å². The minimum atomic E-state index is -0.499. The average molecular weight is 408 g/mol. The summed E-state index contributed by atoms with van der Waals surface area (Å²) in [6.07, 6.45) is 4.62. The SMILES string of the molecule is CCN(Cc1cccc2c1OCCO2)C(=O)c1ccc(-n2ccnc2)c([N+](=O)[O-])c1. The summed E-state index contributed by atoms with van der Waals surface area (Å²) in [6, 6.07) is 10.0. The van der Waals surface area contributed by atoms with E-state index in [0.29, 0.717) is 43.5 Å². The Labute approximate surface area is 172 Å². The van der Waals surface area contributed by atoms with Gasteiger partial charge in [-0.1, -0.05) is 12.1 Å². The fraction of sp³-hybridized carbons (Fsp3) is 0.238. The fourth-order valence-corrected chi connectivity index (χ4v) is 3.40. The number of carbonyl (C=O) groups is 1. The molecule has 0 spiro atoms. The first kappa shape index (κ1) is 19.4. The number of hydrogen-bond acceptors (Lipinski definition) is 6. The molecule has 1 aliphatic rings. The first-order valence-electron chi connectivity index (χ1n) is 9.52. The van der Waals surface area contributed by atoms with Gasteiger partial charge in [0.2, 0.25) is 0 Å². The maximum atomic E-state index is 13.1. The summed E-state index contributed by atoms with van der Waals surface area (Å²) in [5, 5.41) is 11.6. The van der Waals surface area contributed by atoms with Gasteiger partial charge < -0.3 is 18.9 Å². The number of nitrogens with zero attached hydrogens (tertiary/aromatic N) is 4. The van der Waals surface area contributed by atoms with Gasteiger partial charge in [-0.25, -0.2) is 4.98 Å². The Morgan fingerprint density at radius 1 is 1.27 bits per heavy atom. The Hall–Kier alpha value is -3.88. The summed E-state index contributed by atoms with van der Waals surface area (Å²) >= 11 is 0. The van der Waals surface area contributed by atoms with Gasteiger partial charge in [0.1, 0.15) is 18.9 Å². The van der Waals surface area contributed by atoms with E-state index in [1.165, 1.54) is 23.2 Å². The average Bonchev–Trinajstić information content (AvgIpc) is 3.31. The van der Waals surface area contributed by atoms with Crippen LogP contribution in [-0.4, -0.2) is 45.0 Å². The van der Waals surface area contributed by atoms with Crippen LogP contribution in [-0.2, 0) is 6.54 Å². The van der Waals surface area contributed by atoms with Crippen LogP contribution in [0.15, 0.2) is 55.1 Å². The zero-order valence-corrected chi connectivity index (χ0v) is 16.4. The van der Waals surface area contributed by atoms with Crippen molar-refractivity contribution in [2.75, 3.05) is 19.8 Å².